The number of amides is 1. The number of carbonyl (C=O) groups is 3. The van der Waals surface area contributed by atoms with Crippen LogP contribution in [-0.2, 0) is 14.3 Å². The lowest BCUT2D eigenvalue weighted by Crippen LogP contribution is -2.21. The first kappa shape index (κ1) is 22.5. The topological polar surface area (TPSA) is 109 Å². The first-order chi connectivity index (χ1) is 14.3. The molecule has 0 radical (unpaired) electrons. The SMILES string of the molecule is COC(=O)c1ccc(C)c(NC(=O)COC(=O)c2cc(OC)c(OC)c(OC)c2)c1. The van der Waals surface area contributed by atoms with Crippen LogP contribution in [-0.4, -0.2) is 52.9 Å². The van der Waals surface area contributed by atoms with Gasteiger partial charge in [-0.05, 0) is 36.8 Å². The molecule has 0 aliphatic carbocycles. The molecule has 0 bridgehead atoms. The summed E-state index contributed by atoms with van der Waals surface area (Å²) in [6.45, 7) is 1.23. The van der Waals surface area contributed by atoms with E-state index in [1.54, 1.807) is 19.1 Å². The van der Waals surface area contributed by atoms with Crippen molar-refractivity contribution in [3.05, 3.63) is 47.0 Å². The number of aryl methyl sites for hydroxylation is 1. The highest BCUT2D eigenvalue weighted by atomic mass is 16.5. The third-order valence-corrected chi connectivity index (χ3v) is 4.17. The van der Waals surface area contributed by atoms with Crippen LogP contribution in [0.4, 0.5) is 5.69 Å². The van der Waals surface area contributed by atoms with Gasteiger partial charge in [0.05, 0.1) is 39.6 Å². The van der Waals surface area contributed by atoms with E-state index in [4.69, 9.17) is 18.9 Å². The zero-order chi connectivity index (χ0) is 22.3. The first-order valence-corrected chi connectivity index (χ1v) is 8.80. The van der Waals surface area contributed by atoms with E-state index in [2.05, 4.69) is 10.1 Å². The van der Waals surface area contributed by atoms with Gasteiger partial charge < -0.3 is 29.0 Å². The van der Waals surface area contributed by atoms with Crippen LogP contribution in [0.2, 0.25) is 0 Å². The lowest BCUT2D eigenvalue weighted by atomic mass is 10.1. The number of benzene rings is 2. The van der Waals surface area contributed by atoms with Gasteiger partial charge in [-0.3, -0.25) is 4.79 Å². The quantitative estimate of drug-likeness (QED) is 0.653. The van der Waals surface area contributed by atoms with Gasteiger partial charge in [0, 0.05) is 5.69 Å². The van der Waals surface area contributed by atoms with E-state index in [-0.39, 0.29) is 22.6 Å². The van der Waals surface area contributed by atoms with Crippen molar-refractivity contribution >= 4 is 23.5 Å². The molecular weight excluding hydrogens is 394 g/mol. The monoisotopic (exact) mass is 417 g/mol. The Labute approximate surface area is 173 Å². The minimum Gasteiger partial charge on any atom is -0.493 e. The number of hydrogen-bond donors (Lipinski definition) is 1. The summed E-state index contributed by atoms with van der Waals surface area (Å²) < 4.78 is 25.3. The Morgan fingerprint density at radius 1 is 0.833 bits per heavy atom. The normalized spacial score (nSPS) is 10.0. The van der Waals surface area contributed by atoms with Crippen LogP contribution in [0.5, 0.6) is 17.2 Å². The van der Waals surface area contributed by atoms with Crippen molar-refractivity contribution in [1.29, 1.82) is 0 Å². The van der Waals surface area contributed by atoms with Crippen molar-refractivity contribution in [2.75, 3.05) is 40.4 Å². The molecule has 1 N–H and O–H groups in total. The van der Waals surface area contributed by atoms with Gasteiger partial charge in [-0.1, -0.05) is 6.07 Å². The number of rotatable bonds is 8. The van der Waals surface area contributed by atoms with Crippen molar-refractivity contribution in [1.82, 2.24) is 0 Å². The average Bonchev–Trinajstić information content (AvgIpc) is 2.77. The number of ether oxygens (including phenoxy) is 5. The predicted molar refractivity (Wildman–Crippen MR) is 108 cm³/mol. The molecule has 30 heavy (non-hydrogen) atoms. The second kappa shape index (κ2) is 10.1. The molecule has 0 aliphatic rings. The van der Waals surface area contributed by atoms with Gasteiger partial charge in [-0.25, -0.2) is 9.59 Å². The highest BCUT2D eigenvalue weighted by molar-refractivity contribution is 5.98. The summed E-state index contributed by atoms with van der Waals surface area (Å²) in [6.07, 6.45) is 0. The van der Waals surface area contributed by atoms with Crippen molar-refractivity contribution in [3.8, 4) is 17.2 Å². The smallest absolute Gasteiger partial charge is 0.338 e. The van der Waals surface area contributed by atoms with Crippen LogP contribution in [0, 0.1) is 6.92 Å². The van der Waals surface area contributed by atoms with Crippen LogP contribution in [0.3, 0.4) is 0 Å². The van der Waals surface area contributed by atoms with Crippen molar-refractivity contribution < 1.29 is 38.1 Å². The number of carbonyl (C=O) groups excluding carboxylic acids is 3. The second-order valence-corrected chi connectivity index (χ2v) is 6.06. The summed E-state index contributed by atoms with van der Waals surface area (Å²) in [4.78, 5) is 36.2. The molecule has 0 saturated carbocycles. The molecule has 160 valence electrons. The largest absolute Gasteiger partial charge is 0.493 e. The Hall–Kier alpha value is -3.75. The molecular formula is C21H23NO8. The van der Waals surface area contributed by atoms with Gasteiger partial charge in [-0.2, -0.15) is 0 Å². The van der Waals surface area contributed by atoms with Gasteiger partial charge in [0.15, 0.2) is 18.1 Å². The zero-order valence-corrected chi connectivity index (χ0v) is 17.4. The number of nitrogens with one attached hydrogen (secondary N) is 1. The predicted octanol–water partition coefficient (Wildman–Crippen LogP) is 2.60. The minimum absolute atomic E-state index is 0.126. The highest BCUT2D eigenvalue weighted by Crippen LogP contribution is 2.38. The van der Waals surface area contributed by atoms with Crippen LogP contribution in [0.15, 0.2) is 30.3 Å². The maximum Gasteiger partial charge on any atom is 0.338 e. The molecule has 9 heteroatoms. The maximum atomic E-state index is 12.4. The van der Waals surface area contributed by atoms with Gasteiger partial charge in [-0.15, -0.1) is 0 Å². The lowest BCUT2D eigenvalue weighted by molar-refractivity contribution is -0.119. The zero-order valence-electron chi connectivity index (χ0n) is 17.4. The Morgan fingerprint density at radius 3 is 2.00 bits per heavy atom. The molecule has 0 aliphatic heterocycles. The molecule has 0 unspecified atom stereocenters. The Balaban J connectivity index is 2.08. The summed E-state index contributed by atoms with van der Waals surface area (Å²) in [6, 6.07) is 7.59. The van der Waals surface area contributed by atoms with Crippen LogP contribution < -0.4 is 19.5 Å². The standard InChI is InChI=1S/C21H23NO8/c1-12-6-7-13(20(24)29-5)8-15(12)22-18(23)11-30-21(25)14-9-16(26-2)19(28-4)17(10-14)27-3/h6-10H,11H2,1-5H3,(H,22,23). The molecule has 0 spiro atoms. The highest BCUT2D eigenvalue weighted by Gasteiger charge is 2.19. The third-order valence-electron chi connectivity index (χ3n) is 4.17. The van der Waals surface area contributed by atoms with E-state index in [0.29, 0.717) is 11.4 Å². The second-order valence-electron chi connectivity index (χ2n) is 6.06. The summed E-state index contributed by atoms with van der Waals surface area (Å²) in [7, 11) is 5.55. The molecule has 9 nitrogen and oxygen atoms in total. The molecule has 0 heterocycles. The van der Waals surface area contributed by atoms with Gasteiger partial charge in [0.2, 0.25) is 5.75 Å². The Bertz CT molecular complexity index is 929. The van der Waals surface area contributed by atoms with E-state index < -0.39 is 24.5 Å². The Morgan fingerprint density at radius 2 is 1.47 bits per heavy atom. The first-order valence-electron chi connectivity index (χ1n) is 8.80. The van der Waals surface area contributed by atoms with Crippen LogP contribution in [0.25, 0.3) is 0 Å². The molecule has 0 saturated heterocycles. The third kappa shape index (κ3) is 5.19. The van der Waals surface area contributed by atoms with Crippen molar-refractivity contribution in [3.63, 3.8) is 0 Å². The molecule has 0 fully saturated rings. The van der Waals surface area contributed by atoms with Gasteiger partial charge in [0.1, 0.15) is 0 Å². The van der Waals surface area contributed by atoms with Crippen molar-refractivity contribution in [2.24, 2.45) is 0 Å². The molecule has 2 aromatic rings. The van der Waals surface area contributed by atoms with E-state index in [9.17, 15) is 14.4 Å². The van der Waals surface area contributed by atoms with Crippen LogP contribution >= 0.6 is 0 Å². The van der Waals surface area contributed by atoms with Gasteiger partial charge in [0.25, 0.3) is 5.91 Å². The molecule has 1 amide bonds. The fourth-order valence-electron chi connectivity index (χ4n) is 2.60. The molecule has 0 atom stereocenters. The Kier molecular flexibility index (Phi) is 7.62. The fraction of sp³-hybridized carbons (Fsp3) is 0.286. The van der Waals surface area contributed by atoms with E-state index in [0.717, 1.165) is 5.56 Å². The number of esters is 2. The van der Waals surface area contributed by atoms with Crippen LogP contribution in [0.1, 0.15) is 26.3 Å². The number of anilines is 1. The summed E-state index contributed by atoms with van der Waals surface area (Å²) >= 11 is 0. The molecule has 2 rings (SSSR count). The molecule has 0 aromatic heterocycles. The number of methoxy groups -OCH3 is 4. The van der Waals surface area contributed by atoms with E-state index in [1.165, 1.54) is 46.6 Å². The van der Waals surface area contributed by atoms with Gasteiger partial charge >= 0.3 is 11.9 Å². The summed E-state index contributed by atoms with van der Waals surface area (Å²) in [5.74, 6) is -0.952. The van der Waals surface area contributed by atoms with Crippen molar-refractivity contribution in [2.45, 2.75) is 6.92 Å². The maximum absolute atomic E-state index is 12.4. The average molecular weight is 417 g/mol. The van der Waals surface area contributed by atoms with E-state index >= 15 is 0 Å². The lowest BCUT2D eigenvalue weighted by Gasteiger charge is -2.14. The number of hydrogen-bond acceptors (Lipinski definition) is 8. The summed E-state index contributed by atoms with van der Waals surface area (Å²) in [5, 5.41) is 2.61. The minimum atomic E-state index is -0.746. The molecule has 2 aromatic carbocycles. The van der Waals surface area contributed by atoms with E-state index in [1.807, 2.05) is 0 Å². The summed E-state index contributed by atoms with van der Waals surface area (Å²) in [5.41, 5.74) is 1.55. The fourth-order valence-corrected chi connectivity index (χ4v) is 2.60.